The molecule has 35 heavy (non-hydrogen) atoms. The van der Waals surface area contributed by atoms with Crippen LogP contribution in [0.25, 0.3) is 0 Å². The van der Waals surface area contributed by atoms with Gasteiger partial charge in [0.25, 0.3) is 0 Å². The van der Waals surface area contributed by atoms with Crippen LogP contribution in [-0.4, -0.2) is 48.1 Å². The fraction of sp³-hybridized carbons (Fsp3) is 0.200. The molecular weight excluding hydrogens is 466 g/mol. The quantitative estimate of drug-likeness (QED) is 0.125. The number of hydrazone groups is 1. The van der Waals surface area contributed by atoms with E-state index in [4.69, 9.17) is 22.6 Å². The molecule has 3 aromatic carbocycles. The van der Waals surface area contributed by atoms with Crippen molar-refractivity contribution in [3.63, 3.8) is 0 Å². The minimum absolute atomic E-state index is 0.0859. The third-order valence-corrected chi connectivity index (χ3v) is 5.55. The number of fused-ring (bicyclic) bond motifs is 1. The van der Waals surface area contributed by atoms with Gasteiger partial charge in [0.2, 0.25) is 11.4 Å². The summed E-state index contributed by atoms with van der Waals surface area (Å²) < 4.78 is 36.3. The van der Waals surface area contributed by atoms with E-state index >= 15 is 0 Å². The summed E-state index contributed by atoms with van der Waals surface area (Å²) in [6.07, 6.45) is 1.96. The van der Waals surface area contributed by atoms with Crippen molar-refractivity contribution in [2.24, 2.45) is 15.3 Å². The third-order valence-electron chi connectivity index (χ3n) is 5.55. The van der Waals surface area contributed by atoms with Gasteiger partial charge >= 0.3 is 0 Å². The van der Waals surface area contributed by atoms with Crippen molar-refractivity contribution in [1.82, 2.24) is 0 Å². The number of para-hydroxylation sites is 1. The molecule has 0 aromatic heterocycles. The van der Waals surface area contributed by atoms with Crippen molar-refractivity contribution in [3.05, 3.63) is 84.4 Å². The average molecular weight is 493 g/mol. The Morgan fingerprint density at radius 2 is 1.37 bits per heavy atom. The molecule has 0 N–H and O–H groups in total. The lowest BCUT2D eigenvalue weighted by atomic mass is 9.82. The molecule has 0 amide bonds. The molecule has 182 valence electrons. The minimum atomic E-state index is -5.17. The van der Waals surface area contributed by atoms with Gasteiger partial charge in [0.1, 0.15) is 13.3 Å². The average Bonchev–Trinajstić information content (AvgIpc) is 3.01. The Labute approximate surface area is 205 Å². The molecule has 0 saturated heterocycles. The highest BCUT2D eigenvalue weighted by atomic mass is 32.3. The third kappa shape index (κ3) is 6.89. The maximum absolute atomic E-state index is 8.52. The van der Waals surface area contributed by atoms with Gasteiger partial charge in [-0.05, 0) is 50.2 Å². The van der Waals surface area contributed by atoms with Crippen molar-refractivity contribution >= 4 is 45.1 Å². The molecule has 0 bridgehead atoms. The summed E-state index contributed by atoms with van der Waals surface area (Å²) in [5.41, 5.74) is 6.28. The van der Waals surface area contributed by atoms with Gasteiger partial charge in [0.05, 0.1) is 22.5 Å². The van der Waals surface area contributed by atoms with E-state index in [-0.39, 0.29) is 5.41 Å². The summed E-state index contributed by atoms with van der Waals surface area (Å²) in [5, 5.41) is 15.1. The Bertz CT molecular complexity index is 1360. The molecule has 0 atom stereocenters. The van der Waals surface area contributed by atoms with E-state index in [1.165, 1.54) is 17.0 Å². The van der Waals surface area contributed by atoms with Crippen LogP contribution in [0.3, 0.4) is 0 Å². The Balaban J connectivity index is 0.000000623. The maximum atomic E-state index is 8.52. The smallest absolute Gasteiger partial charge is 0.212 e. The van der Waals surface area contributed by atoms with Crippen LogP contribution in [0.2, 0.25) is 0 Å². The van der Waals surface area contributed by atoms with Gasteiger partial charge in [0.15, 0.2) is 0 Å². The number of hydrogen-bond donors (Lipinski definition) is 0. The standard InChI is InChI=1S/C25H26N5.H2O4S/c1-25(2)22-12-8-9-13-23(22)29(3)24(25)18-26-30(4)21-16-14-20(15-17-21)28-27-19-10-6-5-7-11-19;1-5(2,3)4/h5-18H,1-4H3;(H2,1,2,3,4)/q+1;/p-2. The number of nitrogens with zero attached hydrogens (tertiary/aromatic N) is 5. The monoisotopic (exact) mass is 492 g/mol. The van der Waals surface area contributed by atoms with E-state index in [1.54, 1.807) is 0 Å². The van der Waals surface area contributed by atoms with Gasteiger partial charge in [-0.2, -0.15) is 19.9 Å². The molecule has 9 nitrogen and oxygen atoms in total. The highest BCUT2D eigenvalue weighted by Crippen LogP contribution is 2.38. The molecule has 4 rings (SSSR count). The minimum Gasteiger partial charge on any atom is -0.759 e. The van der Waals surface area contributed by atoms with Crippen LogP contribution in [0, 0.1) is 0 Å². The van der Waals surface area contributed by atoms with Gasteiger partial charge < -0.3 is 9.11 Å². The van der Waals surface area contributed by atoms with Crippen LogP contribution in [-0.2, 0) is 15.8 Å². The van der Waals surface area contributed by atoms with E-state index in [1.807, 2.05) is 72.9 Å². The molecule has 0 radical (unpaired) electrons. The van der Waals surface area contributed by atoms with Crippen LogP contribution in [0.4, 0.5) is 22.7 Å². The number of benzene rings is 3. The second-order valence-corrected chi connectivity index (χ2v) is 9.13. The first-order valence-corrected chi connectivity index (χ1v) is 12.0. The molecule has 0 fully saturated rings. The van der Waals surface area contributed by atoms with E-state index in [0.29, 0.717) is 0 Å². The zero-order chi connectivity index (χ0) is 25.6. The van der Waals surface area contributed by atoms with E-state index in [9.17, 15) is 0 Å². The molecular formula is C25H26N5O4S-. The molecule has 3 aromatic rings. The lowest BCUT2D eigenvalue weighted by molar-refractivity contribution is -0.400. The lowest BCUT2D eigenvalue weighted by Gasteiger charge is -2.16. The highest BCUT2D eigenvalue weighted by molar-refractivity contribution is 7.79. The van der Waals surface area contributed by atoms with Crippen molar-refractivity contribution in [2.75, 3.05) is 19.1 Å². The lowest BCUT2D eigenvalue weighted by Crippen LogP contribution is -2.30. The fourth-order valence-corrected chi connectivity index (χ4v) is 3.78. The Kier molecular flexibility index (Phi) is 7.90. The maximum Gasteiger partial charge on any atom is 0.212 e. The van der Waals surface area contributed by atoms with Crippen LogP contribution in [0.15, 0.2) is 94.2 Å². The highest BCUT2D eigenvalue weighted by Gasteiger charge is 2.43. The first kappa shape index (κ1) is 25.9. The summed E-state index contributed by atoms with van der Waals surface area (Å²) in [7, 11) is -1.12. The summed E-state index contributed by atoms with van der Waals surface area (Å²) in [6, 6.07) is 26.1. The molecule has 1 heterocycles. The van der Waals surface area contributed by atoms with Crippen molar-refractivity contribution in [3.8, 4) is 0 Å². The molecule has 1 aliphatic heterocycles. The van der Waals surface area contributed by atoms with Gasteiger partial charge in [-0.1, -0.05) is 36.4 Å². The Hall–Kier alpha value is -3.73. The topological polar surface area (TPSA) is 124 Å². The van der Waals surface area contributed by atoms with Crippen molar-refractivity contribution in [2.45, 2.75) is 19.3 Å². The van der Waals surface area contributed by atoms with Crippen LogP contribution < -0.4 is 5.01 Å². The Morgan fingerprint density at radius 3 is 1.94 bits per heavy atom. The van der Waals surface area contributed by atoms with E-state index in [0.717, 1.165) is 17.1 Å². The predicted octanol–water partition coefficient (Wildman–Crippen LogP) is 4.89. The molecule has 0 aliphatic carbocycles. The van der Waals surface area contributed by atoms with Crippen LogP contribution >= 0.6 is 0 Å². The zero-order valence-corrected chi connectivity index (χ0v) is 20.7. The summed E-state index contributed by atoms with van der Waals surface area (Å²) in [6.45, 7) is 4.48. The van der Waals surface area contributed by atoms with E-state index in [2.05, 4.69) is 60.0 Å². The van der Waals surface area contributed by atoms with Crippen LogP contribution in [0.1, 0.15) is 19.4 Å². The molecule has 0 unspecified atom stereocenters. The number of azo groups is 1. The molecule has 10 heteroatoms. The second-order valence-electron chi connectivity index (χ2n) is 8.31. The fourth-order valence-electron chi connectivity index (χ4n) is 3.78. The summed E-state index contributed by atoms with van der Waals surface area (Å²) in [5.74, 6) is 0. The normalized spacial score (nSPS) is 14.7. The van der Waals surface area contributed by atoms with Gasteiger partial charge in [-0.25, -0.2) is 0 Å². The summed E-state index contributed by atoms with van der Waals surface area (Å²) in [4.78, 5) is 0. The van der Waals surface area contributed by atoms with E-state index < -0.39 is 10.4 Å². The van der Waals surface area contributed by atoms with Gasteiger partial charge in [-0.15, -0.1) is 0 Å². The first-order chi connectivity index (χ1) is 16.5. The largest absolute Gasteiger partial charge is 0.759 e. The SMILES string of the molecule is CN(N=CC1=[N+](C)c2ccccc2C1(C)C)c1ccc(N=Nc2ccccc2)cc1.O=S(=O)([O-])[O-]. The molecule has 0 saturated carbocycles. The van der Waals surface area contributed by atoms with Gasteiger partial charge in [0, 0.05) is 29.1 Å². The van der Waals surface area contributed by atoms with Crippen molar-refractivity contribution < 1.29 is 22.1 Å². The second kappa shape index (κ2) is 10.7. The first-order valence-electron chi connectivity index (χ1n) is 10.7. The molecule has 1 aliphatic rings. The number of anilines is 1. The zero-order valence-electron chi connectivity index (χ0n) is 19.9. The summed E-state index contributed by atoms with van der Waals surface area (Å²) >= 11 is 0. The number of hydrogen-bond acceptors (Lipinski definition) is 8. The van der Waals surface area contributed by atoms with Crippen LogP contribution in [0.5, 0.6) is 0 Å². The Morgan fingerprint density at radius 1 is 0.857 bits per heavy atom. The predicted molar refractivity (Wildman–Crippen MR) is 135 cm³/mol. The molecule has 0 spiro atoms. The van der Waals surface area contributed by atoms with Crippen molar-refractivity contribution in [1.29, 1.82) is 0 Å². The van der Waals surface area contributed by atoms with Gasteiger partial charge in [-0.3, -0.25) is 13.4 Å². The number of rotatable bonds is 5.